The second kappa shape index (κ2) is 7.12. The lowest BCUT2D eigenvalue weighted by atomic mass is 9.72. The van der Waals surface area contributed by atoms with Crippen LogP contribution in [0.4, 0.5) is 5.00 Å². The van der Waals surface area contributed by atoms with Crippen molar-refractivity contribution in [3.8, 4) is 0 Å². The number of thiophene rings is 1. The number of carbonyl (C=O) groups is 2. The maximum atomic E-state index is 12.8. The minimum Gasteiger partial charge on any atom is -0.365 e. The van der Waals surface area contributed by atoms with Crippen LogP contribution in [0.15, 0.2) is 18.2 Å². The highest BCUT2D eigenvalue weighted by atomic mass is 32.1. The van der Waals surface area contributed by atoms with E-state index >= 15 is 0 Å². The zero-order valence-electron chi connectivity index (χ0n) is 16.7. The SMILES string of the molecule is Cc1ccc(C(=O)Nc2sc3c(c2C(N)=O)CC[C@@H](C(C)(C)C)C3)c(C)c1. The Labute approximate surface area is 165 Å². The van der Waals surface area contributed by atoms with Gasteiger partial charge in [0.05, 0.1) is 5.56 Å². The molecule has 2 aromatic rings. The molecule has 2 amide bonds. The van der Waals surface area contributed by atoms with Gasteiger partial charge in [0, 0.05) is 10.4 Å². The van der Waals surface area contributed by atoms with E-state index in [0.29, 0.717) is 22.0 Å². The van der Waals surface area contributed by atoms with Crippen LogP contribution in [0, 0.1) is 25.2 Å². The Balaban J connectivity index is 1.93. The molecular formula is C22H28N2O2S. The van der Waals surface area contributed by atoms with E-state index in [2.05, 4.69) is 26.1 Å². The molecule has 4 nitrogen and oxygen atoms in total. The lowest BCUT2D eigenvalue weighted by Crippen LogP contribution is -2.27. The largest absolute Gasteiger partial charge is 0.365 e. The molecule has 3 N–H and O–H groups in total. The second-order valence-electron chi connectivity index (χ2n) is 8.65. The summed E-state index contributed by atoms with van der Waals surface area (Å²) in [4.78, 5) is 26.1. The van der Waals surface area contributed by atoms with Crippen molar-refractivity contribution in [2.45, 2.75) is 53.9 Å². The Morgan fingerprint density at radius 1 is 1.22 bits per heavy atom. The first-order valence-electron chi connectivity index (χ1n) is 9.41. The monoisotopic (exact) mass is 384 g/mol. The van der Waals surface area contributed by atoms with Crippen molar-refractivity contribution in [3.05, 3.63) is 50.9 Å². The standard InChI is InChI=1S/C22H28N2O2S/c1-12-6-8-15(13(2)10-12)20(26)24-21-18(19(23)25)16-9-7-14(22(3,4)5)11-17(16)27-21/h6,8,10,14H,7,9,11H2,1-5H3,(H2,23,25)(H,24,26)/t14-/m1/s1. The third-order valence-electron chi connectivity index (χ3n) is 5.59. The Hall–Kier alpha value is -2.14. The summed E-state index contributed by atoms with van der Waals surface area (Å²) in [6, 6.07) is 5.73. The number of nitrogens with one attached hydrogen (secondary N) is 1. The van der Waals surface area contributed by atoms with E-state index in [1.54, 1.807) is 0 Å². The van der Waals surface area contributed by atoms with E-state index in [9.17, 15) is 9.59 Å². The molecule has 5 heteroatoms. The van der Waals surface area contributed by atoms with Crippen LogP contribution in [-0.2, 0) is 12.8 Å². The van der Waals surface area contributed by atoms with Crippen molar-refractivity contribution in [1.82, 2.24) is 0 Å². The predicted molar refractivity (Wildman–Crippen MR) is 112 cm³/mol. The van der Waals surface area contributed by atoms with Gasteiger partial charge < -0.3 is 11.1 Å². The summed E-state index contributed by atoms with van der Waals surface area (Å²) in [5.74, 6) is -0.0918. The van der Waals surface area contributed by atoms with Crippen LogP contribution in [0.2, 0.25) is 0 Å². The van der Waals surface area contributed by atoms with Gasteiger partial charge in [-0.2, -0.15) is 0 Å². The highest BCUT2D eigenvalue weighted by Crippen LogP contribution is 2.44. The number of fused-ring (bicyclic) bond motifs is 1. The average molecular weight is 385 g/mol. The summed E-state index contributed by atoms with van der Waals surface area (Å²) in [5, 5.41) is 3.55. The maximum absolute atomic E-state index is 12.8. The second-order valence-corrected chi connectivity index (χ2v) is 9.76. The van der Waals surface area contributed by atoms with Crippen LogP contribution in [0.3, 0.4) is 0 Å². The molecule has 3 rings (SSSR count). The molecule has 0 fully saturated rings. The first-order valence-corrected chi connectivity index (χ1v) is 10.2. The fourth-order valence-electron chi connectivity index (χ4n) is 3.91. The quantitative estimate of drug-likeness (QED) is 0.792. The molecule has 1 atom stereocenters. The summed E-state index contributed by atoms with van der Waals surface area (Å²) in [5.41, 5.74) is 10.1. The molecular weight excluding hydrogens is 356 g/mol. The van der Waals surface area contributed by atoms with Gasteiger partial charge in [0.15, 0.2) is 0 Å². The van der Waals surface area contributed by atoms with E-state index in [0.717, 1.165) is 36.0 Å². The smallest absolute Gasteiger partial charge is 0.256 e. The van der Waals surface area contributed by atoms with Crippen LogP contribution in [0.5, 0.6) is 0 Å². The van der Waals surface area contributed by atoms with Crippen LogP contribution in [-0.4, -0.2) is 11.8 Å². The van der Waals surface area contributed by atoms with Crippen molar-refractivity contribution in [2.24, 2.45) is 17.1 Å². The molecule has 144 valence electrons. The molecule has 0 saturated carbocycles. The van der Waals surface area contributed by atoms with Gasteiger partial charge in [-0.05, 0) is 61.6 Å². The first-order chi connectivity index (χ1) is 12.6. The van der Waals surface area contributed by atoms with E-state index in [4.69, 9.17) is 5.73 Å². The molecule has 1 aliphatic carbocycles. The Bertz CT molecular complexity index is 906. The molecule has 0 unspecified atom stereocenters. The highest BCUT2D eigenvalue weighted by molar-refractivity contribution is 7.17. The van der Waals surface area contributed by atoms with E-state index in [1.165, 1.54) is 16.2 Å². The first kappa shape index (κ1) is 19.6. The third-order valence-corrected chi connectivity index (χ3v) is 6.76. The molecule has 0 radical (unpaired) electrons. The van der Waals surface area contributed by atoms with E-state index in [-0.39, 0.29) is 11.3 Å². The number of rotatable bonds is 3. The van der Waals surface area contributed by atoms with Crippen molar-refractivity contribution in [1.29, 1.82) is 0 Å². The van der Waals surface area contributed by atoms with Crippen LogP contribution >= 0.6 is 11.3 Å². The van der Waals surface area contributed by atoms with Crippen LogP contribution < -0.4 is 11.1 Å². The Morgan fingerprint density at radius 3 is 2.52 bits per heavy atom. The number of amides is 2. The number of carbonyl (C=O) groups excluding carboxylic acids is 2. The summed E-state index contributed by atoms with van der Waals surface area (Å²) in [6.07, 6.45) is 2.81. The number of hydrogen-bond acceptors (Lipinski definition) is 3. The van der Waals surface area contributed by atoms with Gasteiger partial charge in [-0.3, -0.25) is 9.59 Å². The minimum atomic E-state index is -0.461. The average Bonchev–Trinajstić information content (AvgIpc) is 2.90. The molecule has 1 aromatic heterocycles. The normalized spacial score (nSPS) is 16.7. The molecule has 0 saturated heterocycles. The number of aryl methyl sites for hydroxylation is 2. The third kappa shape index (κ3) is 3.93. The highest BCUT2D eigenvalue weighted by Gasteiger charge is 2.33. The molecule has 0 spiro atoms. The maximum Gasteiger partial charge on any atom is 0.256 e. The minimum absolute atomic E-state index is 0.194. The number of primary amides is 1. The topological polar surface area (TPSA) is 72.2 Å². The summed E-state index contributed by atoms with van der Waals surface area (Å²) in [6.45, 7) is 10.7. The van der Waals surface area contributed by atoms with Gasteiger partial charge in [-0.15, -0.1) is 11.3 Å². The molecule has 0 bridgehead atoms. The van der Waals surface area contributed by atoms with Crippen molar-refractivity contribution in [2.75, 3.05) is 5.32 Å². The van der Waals surface area contributed by atoms with Crippen molar-refractivity contribution in [3.63, 3.8) is 0 Å². The summed E-state index contributed by atoms with van der Waals surface area (Å²) in [7, 11) is 0. The van der Waals surface area contributed by atoms with Gasteiger partial charge in [0.2, 0.25) is 0 Å². The zero-order chi connectivity index (χ0) is 19.9. The van der Waals surface area contributed by atoms with Gasteiger partial charge >= 0.3 is 0 Å². The van der Waals surface area contributed by atoms with E-state index in [1.807, 2.05) is 32.0 Å². The van der Waals surface area contributed by atoms with Gasteiger partial charge in [0.25, 0.3) is 11.8 Å². The van der Waals surface area contributed by atoms with Crippen molar-refractivity contribution >= 4 is 28.2 Å². The molecule has 1 aliphatic rings. The fourth-order valence-corrected chi connectivity index (χ4v) is 5.24. The predicted octanol–water partition coefficient (Wildman–Crippen LogP) is 4.87. The fraction of sp³-hybridized carbons (Fsp3) is 0.455. The molecule has 1 aromatic carbocycles. The lowest BCUT2D eigenvalue weighted by molar-refractivity contribution is 0.1000. The van der Waals surface area contributed by atoms with Gasteiger partial charge in [-0.1, -0.05) is 38.5 Å². The Morgan fingerprint density at radius 2 is 1.93 bits per heavy atom. The van der Waals surface area contributed by atoms with Crippen LogP contribution in [0.25, 0.3) is 0 Å². The number of hydrogen-bond donors (Lipinski definition) is 2. The lowest BCUT2D eigenvalue weighted by Gasteiger charge is -2.33. The Kier molecular flexibility index (Phi) is 5.17. The molecule has 0 aliphatic heterocycles. The summed E-state index contributed by atoms with van der Waals surface area (Å²) >= 11 is 1.51. The van der Waals surface area contributed by atoms with Crippen LogP contribution in [0.1, 0.15) is 69.5 Å². The number of nitrogens with two attached hydrogens (primary N) is 1. The van der Waals surface area contributed by atoms with Gasteiger partial charge in [-0.25, -0.2) is 0 Å². The number of anilines is 1. The van der Waals surface area contributed by atoms with Gasteiger partial charge in [0.1, 0.15) is 5.00 Å². The number of benzene rings is 1. The van der Waals surface area contributed by atoms with E-state index < -0.39 is 5.91 Å². The molecule has 1 heterocycles. The summed E-state index contributed by atoms with van der Waals surface area (Å²) < 4.78 is 0. The zero-order valence-corrected chi connectivity index (χ0v) is 17.5. The van der Waals surface area contributed by atoms with Crippen molar-refractivity contribution < 1.29 is 9.59 Å². The molecule has 27 heavy (non-hydrogen) atoms.